The maximum atomic E-state index is 11.4. The molecule has 1 saturated carbocycles. The van der Waals surface area contributed by atoms with E-state index in [2.05, 4.69) is 4.74 Å². The van der Waals surface area contributed by atoms with Crippen LogP contribution in [0.1, 0.15) is 23.2 Å². The molecule has 1 aliphatic carbocycles. The van der Waals surface area contributed by atoms with E-state index in [9.17, 15) is 4.79 Å². The normalized spacial score (nSPS) is 14.2. The minimum atomic E-state index is -0.407. The highest BCUT2D eigenvalue weighted by Gasteiger charge is 2.22. The van der Waals surface area contributed by atoms with E-state index in [1.807, 2.05) is 0 Å². The molecule has 0 radical (unpaired) electrons. The van der Waals surface area contributed by atoms with Crippen LogP contribution in [0.5, 0.6) is 11.5 Å². The van der Waals surface area contributed by atoms with Gasteiger partial charge in [-0.1, -0.05) is 0 Å². The van der Waals surface area contributed by atoms with Gasteiger partial charge in [0.05, 0.1) is 20.8 Å². The quantitative estimate of drug-likeness (QED) is 0.736. The molecule has 1 fully saturated rings. The van der Waals surface area contributed by atoms with Crippen LogP contribution < -0.4 is 9.47 Å². The fraction of sp³-hybridized carbons (Fsp3) is 0.462. The maximum Gasteiger partial charge on any atom is 0.341 e. The summed E-state index contributed by atoms with van der Waals surface area (Å²) in [6.45, 7) is 0.737. The van der Waals surface area contributed by atoms with Crippen LogP contribution in [0.25, 0.3) is 0 Å². The Morgan fingerprint density at radius 3 is 2.71 bits per heavy atom. The summed E-state index contributed by atoms with van der Waals surface area (Å²) in [7, 11) is 2.87. The molecule has 0 aromatic heterocycles. The molecule has 0 N–H and O–H groups in total. The van der Waals surface area contributed by atoms with Crippen molar-refractivity contribution in [2.24, 2.45) is 5.92 Å². The zero-order valence-electron chi connectivity index (χ0n) is 10.1. The first-order chi connectivity index (χ1) is 8.24. The van der Waals surface area contributed by atoms with Gasteiger partial charge in [0, 0.05) is 6.07 Å². The van der Waals surface area contributed by atoms with Crippen molar-refractivity contribution >= 4 is 5.97 Å². The SMILES string of the molecule is COC(=O)c1ccc(OCC2CC2)cc1OC. The van der Waals surface area contributed by atoms with Gasteiger partial charge in [-0.2, -0.15) is 0 Å². The fourth-order valence-electron chi connectivity index (χ4n) is 1.54. The van der Waals surface area contributed by atoms with Gasteiger partial charge in [-0.25, -0.2) is 4.79 Å². The van der Waals surface area contributed by atoms with Crippen LogP contribution in [-0.2, 0) is 4.74 Å². The first kappa shape index (κ1) is 11.8. The van der Waals surface area contributed by atoms with Gasteiger partial charge in [0.2, 0.25) is 0 Å². The number of ether oxygens (including phenoxy) is 3. The molecule has 0 amide bonds. The van der Waals surface area contributed by atoms with Crippen LogP contribution in [0, 0.1) is 5.92 Å². The Kier molecular flexibility index (Phi) is 3.52. The van der Waals surface area contributed by atoms with Crippen LogP contribution in [-0.4, -0.2) is 26.8 Å². The van der Waals surface area contributed by atoms with Gasteiger partial charge in [-0.15, -0.1) is 0 Å². The van der Waals surface area contributed by atoms with E-state index in [0.717, 1.165) is 12.4 Å². The number of carbonyl (C=O) groups is 1. The molecule has 0 unspecified atom stereocenters. The molecule has 1 aromatic carbocycles. The summed E-state index contributed by atoms with van der Waals surface area (Å²) in [4.78, 5) is 11.4. The molecular formula is C13H16O4. The van der Waals surface area contributed by atoms with Gasteiger partial charge in [0.25, 0.3) is 0 Å². The lowest BCUT2D eigenvalue weighted by molar-refractivity contribution is 0.0597. The van der Waals surface area contributed by atoms with Crippen molar-refractivity contribution in [1.82, 2.24) is 0 Å². The van der Waals surface area contributed by atoms with Gasteiger partial charge in [0.15, 0.2) is 0 Å². The number of esters is 1. The van der Waals surface area contributed by atoms with E-state index in [1.165, 1.54) is 27.1 Å². The van der Waals surface area contributed by atoms with E-state index in [-0.39, 0.29) is 0 Å². The van der Waals surface area contributed by atoms with Gasteiger partial charge in [0.1, 0.15) is 17.1 Å². The summed E-state index contributed by atoms with van der Waals surface area (Å²) in [6, 6.07) is 5.14. The third-order valence-electron chi connectivity index (χ3n) is 2.76. The Labute approximate surface area is 100 Å². The van der Waals surface area contributed by atoms with E-state index >= 15 is 0 Å². The number of carbonyl (C=O) groups excluding carboxylic acids is 1. The third-order valence-corrected chi connectivity index (χ3v) is 2.76. The van der Waals surface area contributed by atoms with E-state index in [1.54, 1.807) is 18.2 Å². The first-order valence-electron chi connectivity index (χ1n) is 5.63. The average molecular weight is 236 g/mol. The van der Waals surface area contributed by atoms with Gasteiger partial charge in [-0.05, 0) is 30.9 Å². The largest absolute Gasteiger partial charge is 0.496 e. The van der Waals surface area contributed by atoms with Crippen LogP contribution in [0.4, 0.5) is 0 Å². The highest BCUT2D eigenvalue weighted by atomic mass is 16.5. The zero-order chi connectivity index (χ0) is 12.3. The predicted octanol–water partition coefficient (Wildman–Crippen LogP) is 2.27. The Morgan fingerprint density at radius 2 is 2.12 bits per heavy atom. The minimum Gasteiger partial charge on any atom is -0.496 e. The maximum absolute atomic E-state index is 11.4. The van der Waals surface area contributed by atoms with Crippen molar-refractivity contribution in [3.8, 4) is 11.5 Å². The van der Waals surface area contributed by atoms with Crippen molar-refractivity contribution in [3.63, 3.8) is 0 Å². The molecular weight excluding hydrogens is 220 g/mol. The van der Waals surface area contributed by atoms with Crippen molar-refractivity contribution in [2.75, 3.05) is 20.8 Å². The zero-order valence-corrected chi connectivity index (χ0v) is 10.1. The Balaban J connectivity index is 2.11. The summed E-state index contributed by atoms with van der Waals surface area (Å²) >= 11 is 0. The molecule has 0 bridgehead atoms. The number of rotatable bonds is 5. The average Bonchev–Trinajstić information content (AvgIpc) is 3.19. The molecule has 1 aromatic rings. The molecule has 0 heterocycles. The molecule has 4 nitrogen and oxygen atoms in total. The molecule has 0 aliphatic heterocycles. The Bertz CT molecular complexity index is 410. The third kappa shape index (κ3) is 2.90. The minimum absolute atomic E-state index is 0.407. The number of benzene rings is 1. The number of hydrogen-bond donors (Lipinski definition) is 0. The molecule has 4 heteroatoms. The topological polar surface area (TPSA) is 44.8 Å². The summed E-state index contributed by atoms with van der Waals surface area (Å²) in [5.41, 5.74) is 0.411. The second-order valence-electron chi connectivity index (χ2n) is 4.11. The lowest BCUT2D eigenvalue weighted by Gasteiger charge is -2.10. The molecule has 92 valence electrons. The van der Waals surface area contributed by atoms with Crippen molar-refractivity contribution in [2.45, 2.75) is 12.8 Å². The predicted molar refractivity (Wildman–Crippen MR) is 62.6 cm³/mol. The summed E-state index contributed by atoms with van der Waals surface area (Å²) in [5.74, 6) is 1.49. The summed E-state index contributed by atoms with van der Waals surface area (Å²) in [5, 5.41) is 0. The summed E-state index contributed by atoms with van der Waals surface area (Å²) < 4.78 is 15.4. The number of methoxy groups -OCH3 is 2. The van der Waals surface area contributed by atoms with Gasteiger partial charge < -0.3 is 14.2 Å². The molecule has 1 aliphatic rings. The van der Waals surface area contributed by atoms with Crippen LogP contribution in [0.2, 0.25) is 0 Å². The van der Waals surface area contributed by atoms with Crippen LogP contribution >= 0.6 is 0 Å². The van der Waals surface area contributed by atoms with Crippen molar-refractivity contribution < 1.29 is 19.0 Å². The highest BCUT2D eigenvalue weighted by Crippen LogP contribution is 2.31. The molecule has 0 saturated heterocycles. The van der Waals surface area contributed by atoms with E-state index in [4.69, 9.17) is 9.47 Å². The molecule has 0 atom stereocenters. The summed E-state index contributed by atoms with van der Waals surface area (Å²) in [6.07, 6.45) is 2.49. The second kappa shape index (κ2) is 5.08. The molecule has 2 rings (SSSR count). The molecule has 0 spiro atoms. The first-order valence-corrected chi connectivity index (χ1v) is 5.63. The van der Waals surface area contributed by atoms with E-state index in [0.29, 0.717) is 17.2 Å². The molecule has 17 heavy (non-hydrogen) atoms. The van der Waals surface area contributed by atoms with Gasteiger partial charge >= 0.3 is 5.97 Å². The highest BCUT2D eigenvalue weighted by molar-refractivity contribution is 5.92. The monoisotopic (exact) mass is 236 g/mol. The second-order valence-corrected chi connectivity index (χ2v) is 4.11. The fourth-order valence-corrected chi connectivity index (χ4v) is 1.54. The van der Waals surface area contributed by atoms with Crippen molar-refractivity contribution in [1.29, 1.82) is 0 Å². The lowest BCUT2D eigenvalue weighted by atomic mass is 10.2. The lowest BCUT2D eigenvalue weighted by Crippen LogP contribution is -2.05. The van der Waals surface area contributed by atoms with Gasteiger partial charge in [-0.3, -0.25) is 0 Å². The Hall–Kier alpha value is -1.71. The standard InChI is InChI=1S/C13H16O4/c1-15-12-7-10(17-8-9-3-4-9)5-6-11(12)13(14)16-2/h5-7,9H,3-4,8H2,1-2H3. The van der Waals surface area contributed by atoms with Crippen LogP contribution in [0.15, 0.2) is 18.2 Å². The smallest absolute Gasteiger partial charge is 0.341 e. The number of hydrogen-bond acceptors (Lipinski definition) is 4. The van der Waals surface area contributed by atoms with E-state index < -0.39 is 5.97 Å². The van der Waals surface area contributed by atoms with Crippen LogP contribution in [0.3, 0.4) is 0 Å². The Morgan fingerprint density at radius 1 is 1.35 bits per heavy atom. The van der Waals surface area contributed by atoms with Crippen molar-refractivity contribution in [3.05, 3.63) is 23.8 Å².